The van der Waals surface area contributed by atoms with Crippen LogP contribution in [0.4, 0.5) is 11.6 Å². The molecule has 0 saturated carbocycles. The molecule has 5 heteroatoms. The number of nitrogens with zero attached hydrogens (tertiary/aromatic N) is 2. The van der Waals surface area contributed by atoms with Gasteiger partial charge in [-0.25, -0.2) is 4.98 Å². The third-order valence-electron chi connectivity index (χ3n) is 5.76. The summed E-state index contributed by atoms with van der Waals surface area (Å²) in [6.07, 6.45) is 5.34. The lowest BCUT2D eigenvalue weighted by Crippen LogP contribution is -2.11. The second-order valence-electron chi connectivity index (χ2n) is 8.17. The Balaban J connectivity index is 1.41. The molecule has 0 unspecified atom stereocenters. The molecule has 4 aromatic rings. The summed E-state index contributed by atoms with van der Waals surface area (Å²) in [4.78, 5) is 17.2. The molecule has 4 rings (SSSR count). The van der Waals surface area contributed by atoms with E-state index in [1.807, 2.05) is 53.1 Å². The largest absolute Gasteiger partial charge is 0.369 e. The van der Waals surface area contributed by atoms with Gasteiger partial charge in [0.1, 0.15) is 0 Å². The number of hydrogen-bond donors (Lipinski definition) is 2. The summed E-state index contributed by atoms with van der Waals surface area (Å²) in [5, 5.41) is 2.98. The molecular weight excluding hydrogens is 396 g/mol. The summed E-state index contributed by atoms with van der Waals surface area (Å²) in [7, 11) is 0. The molecule has 1 heterocycles. The lowest BCUT2D eigenvalue weighted by molar-refractivity contribution is 0.102. The average Bonchev–Trinajstić information content (AvgIpc) is 3.13. The highest BCUT2D eigenvalue weighted by atomic mass is 16.1. The zero-order valence-electron chi connectivity index (χ0n) is 18.6. The van der Waals surface area contributed by atoms with Gasteiger partial charge < -0.3 is 15.6 Å². The molecule has 0 saturated heterocycles. The van der Waals surface area contributed by atoms with E-state index < -0.39 is 0 Å². The SMILES string of the molecule is CCCCc1ccc(C(=O)Nc2ccc3c(c2)nc(N)n3CCCc2ccccc2)cc1. The third kappa shape index (κ3) is 5.17. The highest BCUT2D eigenvalue weighted by Gasteiger charge is 2.11. The van der Waals surface area contributed by atoms with E-state index in [0.717, 1.165) is 49.7 Å². The van der Waals surface area contributed by atoms with Gasteiger partial charge in [0, 0.05) is 17.8 Å². The van der Waals surface area contributed by atoms with Gasteiger partial charge in [-0.2, -0.15) is 0 Å². The normalized spacial score (nSPS) is 11.0. The molecule has 32 heavy (non-hydrogen) atoms. The van der Waals surface area contributed by atoms with Gasteiger partial charge in [-0.3, -0.25) is 4.79 Å². The molecule has 0 aliphatic heterocycles. The number of aromatic nitrogens is 2. The van der Waals surface area contributed by atoms with Crippen LogP contribution in [0.25, 0.3) is 11.0 Å². The minimum atomic E-state index is -0.123. The molecule has 1 aromatic heterocycles. The molecule has 0 bridgehead atoms. The maximum absolute atomic E-state index is 12.7. The fourth-order valence-electron chi connectivity index (χ4n) is 3.95. The molecule has 5 nitrogen and oxygen atoms in total. The van der Waals surface area contributed by atoms with Crippen LogP contribution < -0.4 is 11.1 Å². The number of nitrogens with one attached hydrogen (secondary N) is 1. The average molecular weight is 427 g/mol. The van der Waals surface area contributed by atoms with Crippen molar-refractivity contribution in [1.29, 1.82) is 0 Å². The lowest BCUT2D eigenvalue weighted by Gasteiger charge is -2.08. The fraction of sp³-hybridized carbons (Fsp3) is 0.259. The summed E-state index contributed by atoms with van der Waals surface area (Å²) in [5.41, 5.74) is 11.9. The first kappa shape index (κ1) is 21.6. The molecular formula is C27H30N4O. The highest BCUT2D eigenvalue weighted by molar-refractivity contribution is 6.05. The second kappa shape index (κ2) is 10.1. The van der Waals surface area contributed by atoms with E-state index in [0.29, 0.717) is 17.2 Å². The molecule has 1 amide bonds. The standard InChI is InChI=1S/C27H30N4O/c1-2-3-8-21-12-14-22(15-13-21)26(32)29-23-16-17-25-24(19-23)30-27(28)31(25)18-7-11-20-9-5-4-6-10-20/h4-6,9-10,12-17,19H,2-3,7-8,11,18H2,1H3,(H2,28,30)(H,29,32). The molecule has 0 radical (unpaired) electrons. The Morgan fingerprint density at radius 3 is 2.41 bits per heavy atom. The first-order chi connectivity index (χ1) is 15.6. The Kier molecular flexibility index (Phi) is 6.85. The van der Waals surface area contributed by atoms with Gasteiger partial charge in [0.2, 0.25) is 5.95 Å². The third-order valence-corrected chi connectivity index (χ3v) is 5.76. The number of hydrogen-bond acceptors (Lipinski definition) is 3. The Morgan fingerprint density at radius 2 is 1.66 bits per heavy atom. The maximum Gasteiger partial charge on any atom is 0.255 e. The van der Waals surface area contributed by atoms with E-state index in [2.05, 4.69) is 41.5 Å². The number of nitrogen functional groups attached to an aromatic ring is 1. The molecule has 0 atom stereocenters. The van der Waals surface area contributed by atoms with E-state index in [9.17, 15) is 4.79 Å². The molecule has 3 N–H and O–H groups in total. The highest BCUT2D eigenvalue weighted by Crippen LogP contribution is 2.23. The zero-order chi connectivity index (χ0) is 22.3. The van der Waals surface area contributed by atoms with Crippen LogP contribution in [-0.4, -0.2) is 15.5 Å². The number of aryl methyl sites for hydroxylation is 3. The van der Waals surface area contributed by atoms with E-state index >= 15 is 0 Å². The van der Waals surface area contributed by atoms with Gasteiger partial charge >= 0.3 is 0 Å². The monoisotopic (exact) mass is 426 g/mol. The van der Waals surface area contributed by atoms with Crippen molar-refractivity contribution in [1.82, 2.24) is 9.55 Å². The topological polar surface area (TPSA) is 72.9 Å². The Morgan fingerprint density at radius 1 is 0.938 bits per heavy atom. The number of carbonyl (C=O) groups excluding carboxylic acids is 1. The lowest BCUT2D eigenvalue weighted by atomic mass is 10.1. The van der Waals surface area contributed by atoms with E-state index in [4.69, 9.17) is 5.73 Å². The Bertz CT molecular complexity index is 1180. The van der Waals surface area contributed by atoms with Crippen molar-refractivity contribution < 1.29 is 4.79 Å². The number of amides is 1. The molecule has 164 valence electrons. The number of anilines is 2. The zero-order valence-corrected chi connectivity index (χ0v) is 18.6. The number of fused-ring (bicyclic) bond motifs is 1. The molecule has 0 fully saturated rings. The van der Waals surface area contributed by atoms with Crippen molar-refractivity contribution in [3.8, 4) is 0 Å². The summed E-state index contributed by atoms with van der Waals surface area (Å²) < 4.78 is 2.04. The number of carbonyl (C=O) groups is 1. The Labute approximate surface area is 189 Å². The minimum absolute atomic E-state index is 0.123. The van der Waals surface area contributed by atoms with Crippen molar-refractivity contribution in [2.45, 2.75) is 45.6 Å². The molecule has 0 spiro atoms. The van der Waals surface area contributed by atoms with E-state index in [1.54, 1.807) is 0 Å². The summed E-state index contributed by atoms with van der Waals surface area (Å²) >= 11 is 0. The quantitative estimate of drug-likeness (QED) is 0.353. The van der Waals surface area contributed by atoms with Gasteiger partial charge in [-0.05, 0) is 67.1 Å². The van der Waals surface area contributed by atoms with Crippen molar-refractivity contribution >= 4 is 28.6 Å². The van der Waals surface area contributed by atoms with Crippen molar-refractivity contribution in [2.24, 2.45) is 0 Å². The van der Waals surface area contributed by atoms with Crippen LogP contribution in [-0.2, 0) is 19.4 Å². The number of rotatable bonds is 9. The number of unbranched alkanes of at least 4 members (excludes halogenated alkanes) is 1. The smallest absolute Gasteiger partial charge is 0.255 e. The number of imidazole rings is 1. The van der Waals surface area contributed by atoms with Crippen LogP contribution in [0, 0.1) is 0 Å². The fourth-order valence-corrected chi connectivity index (χ4v) is 3.95. The van der Waals surface area contributed by atoms with Crippen LogP contribution in [0.15, 0.2) is 72.8 Å². The minimum Gasteiger partial charge on any atom is -0.369 e. The van der Waals surface area contributed by atoms with Crippen molar-refractivity contribution in [3.63, 3.8) is 0 Å². The van der Waals surface area contributed by atoms with Gasteiger partial charge in [-0.1, -0.05) is 55.8 Å². The van der Waals surface area contributed by atoms with Crippen LogP contribution in [0.3, 0.4) is 0 Å². The first-order valence-corrected chi connectivity index (χ1v) is 11.3. The maximum atomic E-state index is 12.7. The van der Waals surface area contributed by atoms with E-state index in [1.165, 1.54) is 11.1 Å². The first-order valence-electron chi connectivity index (χ1n) is 11.3. The van der Waals surface area contributed by atoms with E-state index in [-0.39, 0.29) is 5.91 Å². The van der Waals surface area contributed by atoms with Crippen molar-refractivity contribution in [2.75, 3.05) is 11.1 Å². The van der Waals surface area contributed by atoms with Crippen molar-refractivity contribution in [3.05, 3.63) is 89.5 Å². The second-order valence-corrected chi connectivity index (χ2v) is 8.17. The predicted molar refractivity (Wildman–Crippen MR) is 132 cm³/mol. The van der Waals surface area contributed by atoms with Crippen LogP contribution in [0.2, 0.25) is 0 Å². The van der Waals surface area contributed by atoms with Gasteiger partial charge in [0.15, 0.2) is 0 Å². The summed E-state index contributed by atoms with van der Waals surface area (Å²) in [5.74, 6) is 0.376. The van der Waals surface area contributed by atoms with Gasteiger partial charge in [0.25, 0.3) is 5.91 Å². The predicted octanol–water partition coefficient (Wildman–Crippen LogP) is 5.85. The van der Waals surface area contributed by atoms with Gasteiger partial charge in [0.05, 0.1) is 11.0 Å². The Hall–Kier alpha value is -3.60. The molecule has 3 aromatic carbocycles. The number of nitrogens with two attached hydrogens (primary N) is 1. The van der Waals surface area contributed by atoms with Crippen LogP contribution in [0.1, 0.15) is 47.7 Å². The van der Waals surface area contributed by atoms with Crippen LogP contribution in [0.5, 0.6) is 0 Å². The molecule has 0 aliphatic rings. The van der Waals surface area contributed by atoms with Gasteiger partial charge in [-0.15, -0.1) is 0 Å². The molecule has 0 aliphatic carbocycles. The summed E-state index contributed by atoms with van der Waals surface area (Å²) in [6.45, 7) is 2.98. The summed E-state index contributed by atoms with van der Waals surface area (Å²) in [6, 6.07) is 24.0. The number of benzene rings is 3. The van der Waals surface area contributed by atoms with Crippen LogP contribution >= 0.6 is 0 Å².